The molecule has 120 valence electrons. The lowest BCUT2D eigenvalue weighted by molar-refractivity contribution is 0.0600. The Kier molecular flexibility index (Phi) is 4.84. The first-order chi connectivity index (χ1) is 11.6. The van der Waals surface area contributed by atoms with Crippen molar-refractivity contribution in [3.63, 3.8) is 0 Å². The molecule has 0 saturated carbocycles. The maximum Gasteiger partial charge on any atom is 0.339 e. The van der Waals surface area contributed by atoms with Crippen molar-refractivity contribution < 1.29 is 9.53 Å². The lowest BCUT2D eigenvalue weighted by Gasteiger charge is -2.11. The number of rotatable bonds is 3. The number of benzene rings is 2. The number of ether oxygens (including phenoxy) is 1. The number of methoxy groups -OCH3 is 1. The number of halogens is 2. The van der Waals surface area contributed by atoms with E-state index in [1.54, 1.807) is 30.3 Å². The third kappa shape index (κ3) is 3.42. The maximum atomic E-state index is 11.8. The van der Waals surface area contributed by atoms with Gasteiger partial charge in [-0.25, -0.2) is 4.79 Å². The number of hydrogen-bond donors (Lipinski definition) is 0. The van der Waals surface area contributed by atoms with E-state index < -0.39 is 5.97 Å². The van der Waals surface area contributed by atoms with E-state index in [1.165, 1.54) is 13.3 Å². The molecule has 0 saturated heterocycles. The van der Waals surface area contributed by atoms with Crippen LogP contribution in [0.25, 0.3) is 22.4 Å². The fourth-order valence-electron chi connectivity index (χ4n) is 2.38. The Morgan fingerprint density at radius 3 is 2.00 bits per heavy atom. The van der Waals surface area contributed by atoms with Gasteiger partial charge in [0.1, 0.15) is 0 Å². The Hall–Kier alpha value is -2.36. The number of hydrogen-bond acceptors (Lipinski definition) is 3. The molecule has 0 aliphatic carbocycles. The summed E-state index contributed by atoms with van der Waals surface area (Å²) in [7, 11) is 1.34. The standard InChI is InChI=1S/C19H13Cl2NO2/c1-24-19(23)14-10-17(12-2-6-15(20)7-3-12)18(22-11-14)13-4-8-16(21)9-5-13/h2-11H,1H3. The molecule has 0 amide bonds. The van der Waals surface area contributed by atoms with Crippen LogP contribution in [0.5, 0.6) is 0 Å². The number of esters is 1. The highest BCUT2D eigenvalue weighted by atomic mass is 35.5. The monoisotopic (exact) mass is 357 g/mol. The molecule has 1 heterocycles. The van der Waals surface area contributed by atoms with Crippen molar-refractivity contribution in [3.05, 3.63) is 76.4 Å². The zero-order valence-electron chi connectivity index (χ0n) is 12.8. The van der Waals surface area contributed by atoms with E-state index in [0.717, 1.165) is 22.4 Å². The average molecular weight is 358 g/mol. The number of carbonyl (C=O) groups is 1. The van der Waals surface area contributed by atoms with Gasteiger partial charge in [-0.05, 0) is 35.9 Å². The molecule has 0 atom stereocenters. The quantitative estimate of drug-likeness (QED) is 0.580. The first-order valence-corrected chi connectivity index (χ1v) is 7.94. The van der Waals surface area contributed by atoms with Gasteiger partial charge in [-0.15, -0.1) is 0 Å². The first-order valence-electron chi connectivity index (χ1n) is 7.19. The van der Waals surface area contributed by atoms with Crippen LogP contribution >= 0.6 is 23.2 Å². The van der Waals surface area contributed by atoms with Crippen molar-refractivity contribution in [2.45, 2.75) is 0 Å². The normalized spacial score (nSPS) is 10.5. The fraction of sp³-hybridized carbons (Fsp3) is 0.0526. The third-order valence-electron chi connectivity index (χ3n) is 3.58. The van der Waals surface area contributed by atoms with Crippen LogP contribution in [0, 0.1) is 0 Å². The van der Waals surface area contributed by atoms with E-state index in [9.17, 15) is 4.79 Å². The van der Waals surface area contributed by atoms with E-state index in [1.807, 2.05) is 24.3 Å². The summed E-state index contributed by atoms with van der Waals surface area (Å²) in [6.07, 6.45) is 1.51. The summed E-state index contributed by atoms with van der Waals surface area (Å²) >= 11 is 11.9. The molecule has 0 radical (unpaired) electrons. The van der Waals surface area contributed by atoms with Crippen molar-refractivity contribution in [3.8, 4) is 22.4 Å². The summed E-state index contributed by atoms with van der Waals surface area (Å²) < 4.78 is 4.79. The zero-order chi connectivity index (χ0) is 17.1. The van der Waals surface area contributed by atoms with Crippen LogP contribution < -0.4 is 0 Å². The summed E-state index contributed by atoms with van der Waals surface area (Å²) in [4.78, 5) is 16.3. The van der Waals surface area contributed by atoms with Crippen molar-refractivity contribution in [2.75, 3.05) is 7.11 Å². The number of nitrogens with zero attached hydrogens (tertiary/aromatic N) is 1. The summed E-state index contributed by atoms with van der Waals surface area (Å²) in [5.74, 6) is -0.430. The smallest absolute Gasteiger partial charge is 0.339 e. The predicted molar refractivity (Wildman–Crippen MR) is 96.5 cm³/mol. The fourth-order valence-corrected chi connectivity index (χ4v) is 2.63. The summed E-state index contributed by atoms with van der Waals surface area (Å²) in [6, 6.07) is 16.5. The van der Waals surface area contributed by atoms with E-state index in [-0.39, 0.29) is 0 Å². The second-order valence-electron chi connectivity index (χ2n) is 5.13. The molecule has 0 unspecified atom stereocenters. The molecule has 3 nitrogen and oxygen atoms in total. The lowest BCUT2D eigenvalue weighted by Crippen LogP contribution is -2.03. The van der Waals surface area contributed by atoms with Crippen molar-refractivity contribution in [1.82, 2.24) is 4.98 Å². The molecule has 5 heteroatoms. The second-order valence-corrected chi connectivity index (χ2v) is 6.00. The number of pyridine rings is 1. The van der Waals surface area contributed by atoms with Crippen LogP contribution in [0.1, 0.15) is 10.4 Å². The van der Waals surface area contributed by atoms with E-state index in [0.29, 0.717) is 15.6 Å². The van der Waals surface area contributed by atoms with Crippen LogP contribution in [-0.2, 0) is 4.74 Å². The summed E-state index contributed by atoms with van der Waals surface area (Å²) in [5, 5.41) is 1.29. The van der Waals surface area contributed by atoms with Crippen LogP contribution in [0.15, 0.2) is 60.8 Å². The number of aromatic nitrogens is 1. The van der Waals surface area contributed by atoms with Crippen molar-refractivity contribution >= 4 is 29.2 Å². The van der Waals surface area contributed by atoms with Gasteiger partial charge in [0.25, 0.3) is 0 Å². The molecular weight excluding hydrogens is 345 g/mol. The maximum absolute atomic E-state index is 11.8. The van der Waals surface area contributed by atoms with Crippen LogP contribution in [0.4, 0.5) is 0 Å². The van der Waals surface area contributed by atoms with E-state index >= 15 is 0 Å². The minimum Gasteiger partial charge on any atom is -0.465 e. The summed E-state index contributed by atoms with van der Waals surface area (Å²) in [5.41, 5.74) is 3.77. The molecule has 3 rings (SSSR count). The molecule has 3 aromatic rings. The van der Waals surface area contributed by atoms with Gasteiger partial charge < -0.3 is 4.74 Å². The summed E-state index contributed by atoms with van der Waals surface area (Å²) in [6.45, 7) is 0. The molecule has 1 aromatic heterocycles. The van der Waals surface area contributed by atoms with Gasteiger partial charge >= 0.3 is 5.97 Å². The van der Waals surface area contributed by atoms with E-state index in [2.05, 4.69) is 4.98 Å². The SMILES string of the molecule is COC(=O)c1cnc(-c2ccc(Cl)cc2)c(-c2ccc(Cl)cc2)c1. The average Bonchev–Trinajstić information content (AvgIpc) is 2.62. The molecule has 0 aliphatic heterocycles. The molecule has 0 spiro atoms. The minimum atomic E-state index is -0.430. The Bertz CT molecular complexity index is 875. The lowest BCUT2D eigenvalue weighted by atomic mass is 9.98. The van der Waals surface area contributed by atoms with Gasteiger partial charge in [-0.1, -0.05) is 47.5 Å². The van der Waals surface area contributed by atoms with Gasteiger partial charge in [0.2, 0.25) is 0 Å². The van der Waals surface area contributed by atoms with E-state index in [4.69, 9.17) is 27.9 Å². The van der Waals surface area contributed by atoms with Gasteiger partial charge in [0.05, 0.1) is 18.4 Å². The Labute approximate surface area is 149 Å². The van der Waals surface area contributed by atoms with Gasteiger partial charge in [-0.3, -0.25) is 4.98 Å². The van der Waals surface area contributed by atoms with Crippen LogP contribution in [-0.4, -0.2) is 18.1 Å². The van der Waals surface area contributed by atoms with Crippen LogP contribution in [0.2, 0.25) is 10.0 Å². The molecule has 0 N–H and O–H groups in total. The molecular formula is C19H13Cl2NO2. The Morgan fingerprint density at radius 1 is 0.917 bits per heavy atom. The Morgan fingerprint density at radius 2 is 1.46 bits per heavy atom. The highest BCUT2D eigenvalue weighted by Gasteiger charge is 2.14. The van der Waals surface area contributed by atoms with Crippen molar-refractivity contribution in [2.24, 2.45) is 0 Å². The molecule has 24 heavy (non-hydrogen) atoms. The molecule has 2 aromatic carbocycles. The number of carbonyl (C=O) groups excluding carboxylic acids is 1. The van der Waals surface area contributed by atoms with Crippen LogP contribution in [0.3, 0.4) is 0 Å². The highest BCUT2D eigenvalue weighted by molar-refractivity contribution is 6.31. The van der Waals surface area contributed by atoms with Gasteiger partial charge in [0.15, 0.2) is 0 Å². The van der Waals surface area contributed by atoms with Crippen molar-refractivity contribution in [1.29, 1.82) is 0 Å². The highest BCUT2D eigenvalue weighted by Crippen LogP contribution is 2.32. The minimum absolute atomic E-state index is 0.389. The largest absolute Gasteiger partial charge is 0.465 e. The third-order valence-corrected chi connectivity index (χ3v) is 4.09. The topological polar surface area (TPSA) is 39.2 Å². The molecule has 0 fully saturated rings. The molecule has 0 bridgehead atoms. The predicted octanol–water partition coefficient (Wildman–Crippen LogP) is 5.51. The van der Waals surface area contributed by atoms with Gasteiger partial charge in [-0.2, -0.15) is 0 Å². The molecule has 0 aliphatic rings. The Balaban J connectivity index is 2.19. The second kappa shape index (κ2) is 7.04. The zero-order valence-corrected chi connectivity index (χ0v) is 14.3. The van der Waals surface area contributed by atoms with Gasteiger partial charge in [0, 0.05) is 27.4 Å². The first kappa shape index (κ1) is 16.5.